The maximum atomic E-state index is 12.3. The van der Waals surface area contributed by atoms with Gasteiger partial charge in [-0.3, -0.25) is 4.79 Å². The van der Waals surface area contributed by atoms with Gasteiger partial charge in [0.2, 0.25) is 15.9 Å². The molecule has 8 heteroatoms. The molecule has 1 aliphatic heterocycles. The van der Waals surface area contributed by atoms with Gasteiger partial charge in [0.1, 0.15) is 0 Å². The minimum atomic E-state index is -3.40. The smallest absolute Gasteiger partial charge is 0.240 e. The average molecular weight is 388 g/mol. The monoisotopic (exact) mass is 387 g/mol. The minimum Gasteiger partial charge on any atom is -0.340 e. The van der Waals surface area contributed by atoms with Gasteiger partial charge in [0.25, 0.3) is 0 Å². The Bertz CT molecular complexity index is 690. The first-order chi connectivity index (χ1) is 11.4. The van der Waals surface area contributed by atoms with Crippen LogP contribution in [-0.2, 0) is 21.2 Å². The molecule has 0 aromatic heterocycles. The second-order valence-electron chi connectivity index (χ2n) is 6.73. The Morgan fingerprint density at radius 1 is 1.28 bits per heavy atom. The van der Waals surface area contributed by atoms with Crippen LogP contribution in [0.25, 0.3) is 0 Å². The topological polar surface area (TPSA) is 78.5 Å². The van der Waals surface area contributed by atoms with Crippen molar-refractivity contribution in [1.82, 2.24) is 14.9 Å². The van der Waals surface area contributed by atoms with Crippen LogP contribution in [0.4, 0.5) is 0 Å². The molecule has 1 atom stereocenters. The Morgan fingerprint density at radius 2 is 1.96 bits per heavy atom. The van der Waals surface area contributed by atoms with Crippen LogP contribution < -0.4 is 10.0 Å². The van der Waals surface area contributed by atoms with E-state index < -0.39 is 10.0 Å². The fourth-order valence-electron chi connectivity index (χ4n) is 2.89. The molecule has 140 valence electrons. The van der Waals surface area contributed by atoms with Gasteiger partial charge in [-0.25, -0.2) is 13.1 Å². The molecule has 2 N–H and O–H groups in total. The quantitative estimate of drug-likeness (QED) is 0.771. The van der Waals surface area contributed by atoms with Gasteiger partial charge in [-0.15, -0.1) is 12.4 Å². The van der Waals surface area contributed by atoms with E-state index in [-0.39, 0.29) is 24.4 Å². The number of aryl methyl sites for hydroxylation is 1. The third-order valence-electron chi connectivity index (χ3n) is 4.48. The van der Waals surface area contributed by atoms with Gasteiger partial charge in [-0.2, -0.15) is 0 Å². The maximum Gasteiger partial charge on any atom is 0.240 e. The number of hydrogen-bond donors (Lipinski definition) is 2. The average Bonchev–Trinajstić information content (AvgIpc) is 3.36. The molecular weight excluding hydrogens is 362 g/mol. The fourth-order valence-corrected chi connectivity index (χ4v) is 4.20. The molecule has 6 nitrogen and oxygen atoms in total. The van der Waals surface area contributed by atoms with Gasteiger partial charge in [0.15, 0.2) is 0 Å². The lowest BCUT2D eigenvalue weighted by Crippen LogP contribution is -2.51. The van der Waals surface area contributed by atoms with Crippen molar-refractivity contribution in [1.29, 1.82) is 0 Å². The first-order valence-corrected chi connectivity index (χ1v) is 10.0. The molecule has 1 heterocycles. The Labute approximate surface area is 155 Å². The van der Waals surface area contributed by atoms with Crippen LogP contribution in [0.15, 0.2) is 29.2 Å². The van der Waals surface area contributed by atoms with Crippen molar-refractivity contribution in [3.8, 4) is 0 Å². The molecule has 1 saturated heterocycles. The van der Waals surface area contributed by atoms with Gasteiger partial charge in [0, 0.05) is 38.1 Å². The zero-order valence-corrected chi connectivity index (χ0v) is 16.0. The van der Waals surface area contributed by atoms with Gasteiger partial charge in [0.05, 0.1) is 4.90 Å². The Balaban J connectivity index is 0.00000225. The first kappa shape index (κ1) is 20.2. The number of benzene rings is 1. The van der Waals surface area contributed by atoms with E-state index in [1.165, 1.54) is 0 Å². The second kappa shape index (κ2) is 8.49. The molecule has 3 rings (SSSR count). The standard InChI is InChI=1S/C17H25N3O3S.ClH/c1-13-12-20(11-10-18-13)17(21)9-4-14-2-7-16(8-3-14)24(22,23)19-15-5-6-15;/h2-3,7-8,13,15,18-19H,4-6,9-12H2,1H3;1H. The van der Waals surface area contributed by atoms with Crippen molar-refractivity contribution in [3.63, 3.8) is 0 Å². The zero-order valence-electron chi connectivity index (χ0n) is 14.4. The molecule has 1 aromatic carbocycles. The summed E-state index contributed by atoms with van der Waals surface area (Å²) in [5.74, 6) is 0.162. The number of carbonyl (C=O) groups is 1. The third-order valence-corrected chi connectivity index (χ3v) is 6.02. The molecule has 1 aromatic rings. The number of rotatable bonds is 6. The van der Waals surface area contributed by atoms with E-state index >= 15 is 0 Å². The first-order valence-electron chi connectivity index (χ1n) is 8.56. The summed E-state index contributed by atoms with van der Waals surface area (Å²) in [5, 5.41) is 3.32. The summed E-state index contributed by atoms with van der Waals surface area (Å²) in [6, 6.07) is 7.29. The highest BCUT2D eigenvalue weighted by molar-refractivity contribution is 7.89. The van der Waals surface area contributed by atoms with Crippen LogP contribution in [-0.4, -0.2) is 50.9 Å². The van der Waals surface area contributed by atoms with Crippen molar-refractivity contribution in [2.75, 3.05) is 19.6 Å². The van der Waals surface area contributed by atoms with E-state index in [1.54, 1.807) is 24.3 Å². The highest BCUT2D eigenvalue weighted by Gasteiger charge is 2.27. The van der Waals surface area contributed by atoms with Crippen LogP contribution in [0.3, 0.4) is 0 Å². The molecule has 0 bridgehead atoms. The van der Waals surface area contributed by atoms with Crippen LogP contribution in [0, 0.1) is 0 Å². The molecule has 1 saturated carbocycles. The number of carbonyl (C=O) groups excluding carboxylic acids is 1. The molecular formula is C17H26ClN3O3S. The SMILES string of the molecule is CC1CN(C(=O)CCc2ccc(S(=O)(=O)NC3CC3)cc2)CCN1.Cl. The Kier molecular flexibility index (Phi) is 6.85. The lowest BCUT2D eigenvalue weighted by molar-refractivity contribution is -0.132. The number of hydrogen-bond acceptors (Lipinski definition) is 4. The summed E-state index contributed by atoms with van der Waals surface area (Å²) in [5.41, 5.74) is 0.983. The number of piperazine rings is 1. The van der Waals surface area contributed by atoms with E-state index in [0.717, 1.165) is 38.0 Å². The summed E-state index contributed by atoms with van der Waals surface area (Å²) in [6.45, 7) is 4.43. The predicted molar refractivity (Wildman–Crippen MR) is 99.4 cm³/mol. The van der Waals surface area contributed by atoms with E-state index in [1.807, 2.05) is 4.90 Å². The van der Waals surface area contributed by atoms with Crippen LogP contribution in [0.2, 0.25) is 0 Å². The lowest BCUT2D eigenvalue weighted by Gasteiger charge is -2.32. The number of nitrogens with zero attached hydrogens (tertiary/aromatic N) is 1. The third kappa shape index (κ3) is 5.67. The maximum absolute atomic E-state index is 12.3. The summed E-state index contributed by atoms with van der Waals surface area (Å²) >= 11 is 0. The second-order valence-corrected chi connectivity index (χ2v) is 8.45. The molecule has 1 unspecified atom stereocenters. The Hall–Kier alpha value is -1.15. The molecule has 0 radical (unpaired) electrons. The summed E-state index contributed by atoms with van der Waals surface area (Å²) in [7, 11) is -3.40. The van der Waals surface area contributed by atoms with Crippen molar-refractivity contribution < 1.29 is 13.2 Å². The summed E-state index contributed by atoms with van der Waals surface area (Å²) in [4.78, 5) is 14.5. The number of amides is 1. The van der Waals surface area contributed by atoms with Gasteiger partial charge in [-0.05, 0) is 43.9 Å². The number of halogens is 1. The molecule has 25 heavy (non-hydrogen) atoms. The van der Waals surface area contributed by atoms with Gasteiger partial charge in [-0.1, -0.05) is 12.1 Å². The highest BCUT2D eigenvalue weighted by Crippen LogP contribution is 2.22. The van der Waals surface area contributed by atoms with Crippen LogP contribution in [0.5, 0.6) is 0 Å². The van der Waals surface area contributed by atoms with E-state index in [0.29, 0.717) is 23.8 Å². The van der Waals surface area contributed by atoms with Crippen molar-refractivity contribution >= 4 is 28.3 Å². The van der Waals surface area contributed by atoms with Gasteiger partial charge >= 0.3 is 0 Å². The number of nitrogens with one attached hydrogen (secondary N) is 2. The lowest BCUT2D eigenvalue weighted by atomic mass is 10.1. The minimum absolute atomic E-state index is 0. The summed E-state index contributed by atoms with van der Waals surface area (Å²) < 4.78 is 26.9. The van der Waals surface area contributed by atoms with Crippen LogP contribution in [0.1, 0.15) is 31.7 Å². The van der Waals surface area contributed by atoms with Crippen LogP contribution >= 0.6 is 12.4 Å². The van der Waals surface area contributed by atoms with Gasteiger partial charge < -0.3 is 10.2 Å². The van der Waals surface area contributed by atoms with Crippen molar-refractivity contribution in [2.45, 2.75) is 49.6 Å². The van der Waals surface area contributed by atoms with Crippen molar-refractivity contribution in [2.24, 2.45) is 0 Å². The van der Waals surface area contributed by atoms with E-state index in [2.05, 4.69) is 17.0 Å². The molecule has 1 amide bonds. The molecule has 2 aliphatic rings. The molecule has 2 fully saturated rings. The fraction of sp³-hybridized carbons (Fsp3) is 0.588. The zero-order chi connectivity index (χ0) is 17.2. The summed E-state index contributed by atoms with van der Waals surface area (Å²) in [6.07, 6.45) is 2.93. The Morgan fingerprint density at radius 3 is 2.56 bits per heavy atom. The largest absolute Gasteiger partial charge is 0.340 e. The van der Waals surface area contributed by atoms with Crippen molar-refractivity contribution in [3.05, 3.63) is 29.8 Å². The highest BCUT2D eigenvalue weighted by atomic mass is 35.5. The number of sulfonamides is 1. The van der Waals surface area contributed by atoms with E-state index in [4.69, 9.17) is 0 Å². The molecule has 0 spiro atoms. The predicted octanol–water partition coefficient (Wildman–Crippen LogP) is 1.30. The normalized spacial score (nSPS) is 20.8. The molecule has 1 aliphatic carbocycles. The van der Waals surface area contributed by atoms with E-state index in [9.17, 15) is 13.2 Å².